The van der Waals surface area contributed by atoms with Crippen LogP contribution in [0.25, 0.3) is 10.8 Å². The van der Waals surface area contributed by atoms with Crippen LogP contribution in [0.3, 0.4) is 0 Å². The molecule has 10 nitrogen and oxygen atoms in total. The second-order valence-corrected chi connectivity index (χ2v) is 10.5. The first-order valence-electron chi connectivity index (χ1n) is 12.9. The summed E-state index contributed by atoms with van der Waals surface area (Å²) in [6, 6.07) is 11.3. The number of hydrogen-bond acceptors (Lipinski definition) is 6. The lowest BCUT2D eigenvalue weighted by Gasteiger charge is -2.33. The van der Waals surface area contributed by atoms with E-state index in [0.29, 0.717) is 22.3 Å². The van der Waals surface area contributed by atoms with E-state index in [0.717, 1.165) is 9.80 Å². The van der Waals surface area contributed by atoms with Crippen LogP contribution in [0.1, 0.15) is 84.4 Å². The molecular formula is C32H22N2O8. The van der Waals surface area contributed by atoms with E-state index in [9.17, 15) is 39.0 Å². The highest BCUT2D eigenvalue weighted by Crippen LogP contribution is 2.42. The third-order valence-electron chi connectivity index (χ3n) is 7.82. The van der Waals surface area contributed by atoms with Gasteiger partial charge in [-0.25, -0.2) is 19.4 Å². The number of nitrogens with zero attached hydrogens (tertiary/aromatic N) is 2. The van der Waals surface area contributed by atoms with E-state index in [4.69, 9.17) is 0 Å². The average Bonchev–Trinajstić information content (AvgIpc) is 2.92. The number of benzene rings is 4. The highest BCUT2D eigenvalue weighted by Gasteiger charge is 2.42. The van der Waals surface area contributed by atoms with Crippen molar-refractivity contribution in [3.63, 3.8) is 0 Å². The van der Waals surface area contributed by atoms with Crippen LogP contribution in [0, 0.1) is 27.7 Å². The van der Waals surface area contributed by atoms with Crippen molar-refractivity contribution in [1.29, 1.82) is 0 Å². The first kappa shape index (κ1) is 26.6. The van der Waals surface area contributed by atoms with Gasteiger partial charge in [0.25, 0.3) is 23.6 Å². The fraction of sp³-hybridized carbons (Fsp3) is 0.125. The van der Waals surface area contributed by atoms with E-state index in [1.165, 1.54) is 48.5 Å². The molecule has 10 heteroatoms. The lowest BCUT2D eigenvalue weighted by molar-refractivity contribution is 0.0686. The van der Waals surface area contributed by atoms with Crippen molar-refractivity contribution in [2.75, 3.05) is 9.80 Å². The monoisotopic (exact) mass is 562 g/mol. The normalized spacial score (nSPS) is 14.2. The van der Waals surface area contributed by atoms with E-state index in [1.54, 1.807) is 27.7 Å². The molecule has 0 unspecified atom stereocenters. The summed E-state index contributed by atoms with van der Waals surface area (Å²) < 4.78 is 0. The Hall–Kier alpha value is -5.64. The van der Waals surface area contributed by atoms with E-state index in [1.807, 2.05) is 0 Å². The molecule has 42 heavy (non-hydrogen) atoms. The molecule has 6 rings (SSSR count). The number of carbonyl (C=O) groups excluding carboxylic acids is 4. The molecule has 2 heterocycles. The molecule has 4 amide bonds. The maximum absolute atomic E-state index is 13.9. The van der Waals surface area contributed by atoms with E-state index >= 15 is 0 Å². The second kappa shape index (κ2) is 8.93. The summed E-state index contributed by atoms with van der Waals surface area (Å²) in [5, 5.41) is 19.2. The van der Waals surface area contributed by atoms with Crippen LogP contribution in [-0.2, 0) is 0 Å². The summed E-state index contributed by atoms with van der Waals surface area (Å²) in [6.45, 7) is 6.46. The third kappa shape index (κ3) is 3.51. The van der Waals surface area contributed by atoms with Crippen molar-refractivity contribution in [3.05, 3.63) is 104 Å². The Morgan fingerprint density at radius 3 is 0.952 bits per heavy atom. The lowest BCUT2D eigenvalue weighted by Crippen LogP contribution is -2.44. The number of anilines is 2. The first-order valence-corrected chi connectivity index (χ1v) is 12.9. The Morgan fingerprint density at radius 1 is 0.500 bits per heavy atom. The summed E-state index contributed by atoms with van der Waals surface area (Å²) in [7, 11) is 0. The van der Waals surface area contributed by atoms with Crippen LogP contribution < -0.4 is 9.80 Å². The number of aryl methyl sites for hydroxylation is 4. The smallest absolute Gasteiger partial charge is 0.335 e. The molecule has 0 spiro atoms. The maximum Gasteiger partial charge on any atom is 0.335 e. The molecule has 2 N–H and O–H groups in total. The molecule has 4 aromatic carbocycles. The van der Waals surface area contributed by atoms with Gasteiger partial charge in [0.15, 0.2) is 0 Å². The first-order chi connectivity index (χ1) is 19.8. The predicted octanol–water partition coefficient (Wildman–Crippen LogP) is 5.07. The maximum atomic E-state index is 13.9. The topological polar surface area (TPSA) is 149 Å². The zero-order chi connectivity index (χ0) is 30.4. The van der Waals surface area contributed by atoms with Crippen molar-refractivity contribution in [1.82, 2.24) is 0 Å². The number of rotatable bonds is 4. The van der Waals surface area contributed by atoms with Crippen LogP contribution in [0.4, 0.5) is 11.4 Å². The Bertz CT molecular complexity index is 1760. The van der Waals surface area contributed by atoms with Gasteiger partial charge in [-0.3, -0.25) is 19.2 Å². The van der Waals surface area contributed by atoms with Gasteiger partial charge >= 0.3 is 11.9 Å². The largest absolute Gasteiger partial charge is 0.478 e. The van der Waals surface area contributed by atoms with Gasteiger partial charge in [0, 0.05) is 33.0 Å². The average molecular weight is 563 g/mol. The van der Waals surface area contributed by atoms with Crippen molar-refractivity contribution in [2.24, 2.45) is 0 Å². The lowest BCUT2D eigenvalue weighted by atomic mass is 9.85. The summed E-state index contributed by atoms with van der Waals surface area (Å²) >= 11 is 0. The van der Waals surface area contributed by atoms with Crippen molar-refractivity contribution in [2.45, 2.75) is 27.7 Å². The van der Waals surface area contributed by atoms with Gasteiger partial charge in [-0.2, -0.15) is 0 Å². The third-order valence-corrected chi connectivity index (χ3v) is 7.82. The highest BCUT2D eigenvalue weighted by molar-refractivity contribution is 6.42. The minimum Gasteiger partial charge on any atom is -0.478 e. The molecule has 0 aromatic heterocycles. The molecule has 4 aromatic rings. The van der Waals surface area contributed by atoms with Gasteiger partial charge in [0.1, 0.15) is 0 Å². The molecule has 2 aliphatic heterocycles. The molecule has 0 bridgehead atoms. The van der Waals surface area contributed by atoms with Crippen molar-refractivity contribution in [3.8, 4) is 0 Å². The predicted molar refractivity (Wildman–Crippen MR) is 152 cm³/mol. The number of carboxylic acid groups (broad SMARTS) is 2. The van der Waals surface area contributed by atoms with Gasteiger partial charge < -0.3 is 10.2 Å². The van der Waals surface area contributed by atoms with Crippen LogP contribution in [0.15, 0.2) is 48.5 Å². The standard InChI is InChI=1S/C32H22N2O8/c1-13-9-17(31(39)40)10-14(2)25(13)33-27(35)19-5-7-21-24-22(8-6-20(23(19)24)28(33)36)30(38)34(29(21)37)26-15(3)11-18(32(41)42)12-16(26)4/h5-12H,1-4H3,(H,39,40)(H,41,42). The molecule has 0 atom stereocenters. The van der Waals surface area contributed by atoms with Crippen LogP contribution in [-0.4, -0.2) is 45.8 Å². The molecule has 0 aliphatic carbocycles. The number of carbonyl (C=O) groups is 6. The van der Waals surface area contributed by atoms with Gasteiger partial charge in [0.2, 0.25) is 0 Å². The molecule has 0 fully saturated rings. The van der Waals surface area contributed by atoms with Crippen LogP contribution in [0.5, 0.6) is 0 Å². The Morgan fingerprint density at radius 2 is 0.738 bits per heavy atom. The Kier molecular flexibility index (Phi) is 5.65. The van der Waals surface area contributed by atoms with E-state index in [2.05, 4.69) is 0 Å². The molecule has 208 valence electrons. The van der Waals surface area contributed by atoms with Gasteiger partial charge in [-0.15, -0.1) is 0 Å². The van der Waals surface area contributed by atoms with Gasteiger partial charge in [0.05, 0.1) is 22.5 Å². The number of imide groups is 2. The van der Waals surface area contributed by atoms with Gasteiger partial charge in [-0.1, -0.05) is 0 Å². The number of carboxylic acids is 2. The van der Waals surface area contributed by atoms with E-state index < -0.39 is 35.6 Å². The van der Waals surface area contributed by atoms with Crippen LogP contribution >= 0.6 is 0 Å². The summed E-state index contributed by atoms with van der Waals surface area (Å²) in [5.41, 5.74) is 2.75. The van der Waals surface area contributed by atoms with E-state index in [-0.39, 0.29) is 55.5 Å². The minimum atomic E-state index is -1.14. The zero-order valence-corrected chi connectivity index (χ0v) is 22.9. The summed E-state index contributed by atoms with van der Waals surface area (Å²) in [5.74, 6) is -4.93. The highest BCUT2D eigenvalue weighted by atomic mass is 16.4. The summed E-state index contributed by atoms with van der Waals surface area (Å²) in [6.07, 6.45) is 0. The van der Waals surface area contributed by atoms with Crippen molar-refractivity contribution < 1.29 is 39.0 Å². The Balaban J connectivity index is 1.53. The molecule has 0 radical (unpaired) electrons. The fourth-order valence-corrected chi connectivity index (χ4v) is 6.14. The fourth-order valence-electron chi connectivity index (χ4n) is 6.14. The number of amides is 4. The molecule has 0 saturated heterocycles. The van der Waals surface area contributed by atoms with Crippen LogP contribution in [0.2, 0.25) is 0 Å². The minimum absolute atomic E-state index is 0.0224. The quantitative estimate of drug-likeness (QED) is 0.327. The summed E-state index contributed by atoms with van der Waals surface area (Å²) in [4.78, 5) is 80.5. The second-order valence-electron chi connectivity index (χ2n) is 10.5. The van der Waals surface area contributed by atoms with Gasteiger partial charge in [-0.05, 0) is 98.5 Å². The SMILES string of the molecule is Cc1cc(C(=O)O)cc(C)c1N1C(=O)c2ccc3c4c(ccc(c24)C1=O)C(=O)N(c1c(C)cc(C(=O)O)cc1C)C3=O. The molecule has 0 saturated carbocycles. The number of hydrogen-bond donors (Lipinski definition) is 2. The Labute approximate surface area is 238 Å². The molecule has 2 aliphatic rings. The number of aromatic carboxylic acids is 2. The van der Waals surface area contributed by atoms with Crippen molar-refractivity contribution >= 4 is 57.7 Å². The zero-order valence-electron chi connectivity index (χ0n) is 22.9. The molecular weight excluding hydrogens is 540 g/mol.